The number of hydrogen-bond donors (Lipinski definition) is 1. The third-order valence-corrected chi connectivity index (χ3v) is 7.88. The van der Waals surface area contributed by atoms with Crippen LogP contribution in [-0.2, 0) is 12.8 Å². The number of nitrogen functional groups attached to an aromatic ring is 1. The standard InChI is InChI=1S/C25H30N4OS/c1-16-7-9-17(10-8-16)23-19-6-4-3-5-18(19)21-22(26)24(31-25(21)27-23)20(30)15-29-13-11-28(2)12-14-29/h7-10H,3-6,11-15,26H2,1-2H3. The second-order valence-electron chi connectivity index (χ2n) is 9.02. The van der Waals surface area contributed by atoms with E-state index >= 15 is 0 Å². The first-order chi connectivity index (χ1) is 15.0. The maximum Gasteiger partial charge on any atom is 0.188 e. The lowest BCUT2D eigenvalue weighted by Crippen LogP contribution is -2.46. The molecule has 31 heavy (non-hydrogen) atoms. The Bertz CT molecular complexity index is 1130. The molecule has 0 bridgehead atoms. The first kappa shape index (κ1) is 20.6. The number of hydrogen-bond acceptors (Lipinski definition) is 6. The highest BCUT2D eigenvalue weighted by atomic mass is 32.1. The number of carbonyl (C=O) groups excluding carboxylic acids is 1. The van der Waals surface area contributed by atoms with Crippen LogP contribution in [0.25, 0.3) is 21.5 Å². The molecular weight excluding hydrogens is 404 g/mol. The predicted molar refractivity (Wildman–Crippen MR) is 129 cm³/mol. The average molecular weight is 435 g/mol. The van der Waals surface area contributed by atoms with Crippen molar-refractivity contribution in [3.8, 4) is 11.3 Å². The van der Waals surface area contributed by atoms with Gasteiger partial charge in [-0.05, 0) is 50.8 Å². The number of likely N-dealkylation sites (N-methyl/N-ethyl adjacent to an activating group) is 1. The Labute approximate surface area is 187 Å². The van der Waals surface area contributed by atoms with E-state index in [1.807, 2.05) is 0 Å². The van der Waals surface area contributed by atoms with Gasteiger partial charge in [0.2, 0.25) is 0 Å². The molecule has 0 radical (unpaired) electrons. The Morgan fingerprint density at radius 1 is 1.06 bits per heavy atom. The van der Waals surface area contributed by atoms with Gasteiger partial charge in [-0.1, -0.05) is 29.8 Å². The fraction of sp³-hybridized carbons (Fsp3) is 0.440. The molecule has 1 fully saturated rings. The van der Waals surface area contributed by atoms with Crippen molar-refractivity contribution in [1.82, 2.24) is 14.8 Å². The Balaban J connectivity index is 1.55. The normalized spacial score (nSPS) is 17.7. The SMILES string of the molecule is Cc1ccc(-c2nc3sc(C(=O)CN4CCN(C)CC4)c(N)c3c3c2CCCC3)cc1. The van der Waals surface area contributed by atoms with E-state index in [0.717, 1.165) is 60.5 Å². The lowest BCUT2D eigenvalue weighted by Gasteiger charge is -2.31. The summed E-state index contributed by atoms with van der Waals surface area (Å²) in [6, 6.07) is 8.61. The number of thiophene rings is 1. The van der Waals surface area contributed by atoms with Crippen molar-refractivity contribution in [2.24, 2.45) is 0 Å². The van der Waals surface area contributed by atoms with Crippen LogP contribution in [0.5, 0.6) is 0 Å². The number of anilines is 1. The van der Waals surface area contributed by atoms with Gasteiger partial charge >= 0.3 is 0 Å². The Morgan fingerprint density at radius 2 is 1.74 bits per heavy atom. The highest BCUT2D eigenvalue weighted by molar-refractivity contribution is 7.21. The molecule has 2 N–H and O–H groups in total. The van der Waals surface area contributed by atoms with Crippen LogP contribution in [0.3, 0.4) is 0 Å². The van der Waals surface area contributed by atoms with E-state index < -0.39 is 0 Å². The summed E-state index contributed by atoms with van der Waals surface area (Å²) in [7, 11) is 2.13. The Morgan fingerprint density at radius 3 is 2.45 bits per heavy atom. The lowest BCUT2D eigenvalue weighted by atomic mass is 9.87. The van der Waals surface area contributed by atoms with E-state index in [-0.39, 0.29) is 5.78 Å². The monoisotopic (exact) mass is 434 g/mol. The third-order valence-electron chi connectivity index (χ3n) is 6.74. The number of pyridine rings is 1. The molecular formula is C25H30N4OS. The summed E-state index contributed by atoms with van der Waals surface area (Å²) < 4.78 is 0. The average Bonchev–Trinajstić information content (AvgIpc) is 3.12. The molecule has 0 saturated carbocycles. The van der Waals surface area contributed by atoms with E-state index in [0.29, 0.717) is 17.1 Å². The summed E-state index contributed by atoms with van der Waals surface area (Å²) in [5, 5.41) is 1.04. The zero-order valence-electron chi connectivity index (χ0n) is 18.4. The van der Waals surface area contributed by atoms with Gasteiger partial charge < -0.3 is 10.6 Å². The van der Waals surface area contributed by atoms with Crippen LogP contribution < -0.4 is 5.73 Å². The summed E-state index contributed by atoms with van der Waals surface area (Å²) in [4.78, 5) is 24.4. The van der Waals surface area contributed by atoms with Crippen LogP contribution in [-0.4, -0.2) is 60.3 Å². The van der Waals surface area contributed by atoms with E-state index in [4.69, 9.17) is 10.7 Å². The van der Waals surface area contributed by atoms with E-state index in [9.17, 15) is 4.79 Å². The molecule has 1 aromatic carbocycles. The van der Waals surface area contributed by atoms with Crippen molar-refractivity contribution in [1.29, 1.82) is 0 Å². The van der Waals surface area contributed by atoms with E-state index in [1.165, 1.54) is 40.9 Å². The molecule has 5 nitrogen and oxygen atoms in total. The van der Waals surface area contributed by atoms with Crippen molar-refractivity contribution < 1.29 is 4.79 Å². The minimum absolute atomic E-state index is 0.131. The van der Waals surface area contributed by atoms with E-state index in [1.54, 1.807) is 0 Å². The number of nitrogens with zero attached hydrogens (tertiary/aromatic N) is 3. The quantitative estimate of drug-likeness (QED) is 0.625. The summed E-state index contributed by atoms with van der Waals surface area (Å²) in [5.74, 6) is 0.131. The molecule has 3 aromatic rings. The molecule has 0 amide bonds. The summed E-state index contributed by atoms with van der Waals surface area (Å²) in [5.41, 5.74) is 13.4. The van der Waals surface area contributed by atoms with Gasteiger partial charge in [0.15, 0.2) is 5.78 Å². The molecule has 2 aromatic heterocycles. The second kappa shape index (κ2) is 8.34. The summed E-state index contributed by atoms with van der Waals surface area (Å²) >= 11 is 1.48. The number of aryl methyl sites for hydroxylation is 2. The van der Waals surface area contributed by atoms with Crippen molar-refractivity contribution in [2.75, 3.05) is 45.5 Å². The van der Waals surface area contributed by atoms with Gasteiger partial charge in [-0.15, -0.1) is 11.3 Å². The van der Waals surface area contributed by atoms with Crippen LogP contribution in [0.4, 0.5) is 5.69 Å². The van der Waals surface area contributed by atoms with Crippen molar-refractivity contribution in [3.05, 3.63) is 45.8 Å². The maximum absolute atomic E-state index is 13.2. The fourth-order valence-electron chi connectivity index (χ4n) is 4.85. The van der Waals surface area contributed by atoms with Gasteiger partial charge in [0.1, 0.15) is 4.83 Å². The van der Waals surface area contributed by atoms with Crippen LogP contribution in [0, 0.1) is 6.92 Å². The Hall–Kier alpha value is -2.28. The third kappa shape index (κ3) is 3.88. The van der Waals surface area contributed by atoms with Gasteiger partial charge in [-0.3, -0.25) is 9.69 Å². The van der Waals surface area contributed by atoms with E-state index in [2.05, 4.69) is 48.0 Å². The number of rotatable bonds is 4. The number of benzene rings is 1. The summed E-state index contributed by atoms with van der Waals surface area (Å²) in [6.45, 7) is 6.41. The molecule has 5 rings (SSSR count). The number of piperazine rings is 1. The van der Waals surface area contributed by atoms with Crippen molar-refractivity contribution in [2.45, 2.75) is 32.6 Å². The minimum atomic E-state index is 0.131. The molecule has 1 aliphatic heterocycles. The number of aromatic nitrogens is 1. The second-order valence-corrected chi connectivity index (χ2v) is 10.0. The number of fused-ring (bicyclic) bond motifs is 3. The zero-order valence-corrected chi connectivity index (χ0v) is 19.2. The first-order valence-corrected chi connectivity index (χ1v) is 12.1. The first-order valence-electron chi connectivity index (χ1n) is 11.3. The van der Waals surface area contributed by atoms with Gasteiger partial charge in [-0.25, -0.2) is 4.98 Å². The Kier molecular flexibility index (Phi) is 5.54. The smallest absolute Gasteiger partial charge is 0.188 e. The molecule has 0 atom stereocenters. The molecule has 2 aliphatic rings. The van der Waals surface area contributed by atoms with Crippen LogP contribution >= 0.6 is 11.3 Å². The van der Waals surface area contributed by atoms with Crippen molar-refractivity contribution in [3.63, 3.8) is 0 Å². The van der Waals surface area contributed by atoms with Gasteiger partial charge in [-0.2, -0.15) is 0 Å². The van der Waals surface area contributed by atoms with Crippen LogP contribution in [0.15, 0.2) is 24.3 Å². The summed E-state index contributed by atoms with van der Waals surface area (Å²) in [6.07, 6.45) is 4.39. The number of carbonyl (C=O) groups is 1. The van der Waals surface area contributed by atoms with Gasteiger partial charge in [0.25, 0.3) is 0 Å². The fourth-order valence-corrected chi connectivity index (χ4v) is 5.91. The number of ketones is 1. The topological polar surface area (TPSA) is 62.5 Å². The molecule has 1 aliphatic carbocycles. The highest BCUT2D eigenvalue weighted by Crippen LogP contribution is 2.42. The lowest BCUT2D eigenvalue weighted by molar-refractivity contribution is 0.0881. The van der Waals surface area contributed by atoms with Gasteiger partial charge in [0, 0.05) is 37.1 Å². The highest BCUT2D eigenvalue weighted by Gasteiger charge is 2.27. The molecule has 6 heteroatoms. The number of nitrogens with two attached hydrogens (primary N) is 1. The maximum atomic E-state index is 13.2. The number of Topliss-reactive ketones (excluding diaryl/α,β-unsaturated/α-hetero) is 1. The van der Waals surface area contributed by atoms with Crippen LogP contribution in [0.1, 0.15) is 39.2 Å². The molecule has 1 saturated heterocycles. The minimum Gasteiger partial charge on any atom is -0.397 e. The molecule has 0 spiro atoms. The molecule has 162 valence electrons. The molecule has 0 unspecified atom stereocenters. The zero-order chi connectivity index (χ0) is 21.5. The molecule has 3 heterocycles. The largest absolute Gasteiger partial charge is 0.397 e. The predicted octanol–water partition coefficient (Wildman–Crippen LogP) is 4.16. The van der Waals surface area contributed by atoms with Crippen molar-refractivity contribution >= 4 is 33.0 Å². The van der Waals surface area contributed by atoms with Crippen LogP contribution in [0.2, 0.25) is 0 Å². The van der Waals surface area contributed by atoms with Gasteiger partial charge in [0.05, 0.1) is 22.8 Å².